The summed E-state index contributed by atoms with van der Waals surface area (Å²) in [6, 6.07) is 3.73. The third-order valence-corrected chi connectivity index (χ3v) is 3.26. The smallest absolute Gasteiger partial charge is 0.399 e. The van der Waals surface area contributed by atoms with Gasteiger partial charge in [0.2, 0.25) is 5.82 Å². The van der Waals surface area contributed by atoms with Crippen LogP contribution in [0.15, 0.2) is 18.2 Å². The third kappa shape index (κ3) is 2.45. The van der Waals surface area contributed by atoms with Gasteiger partial charge >= 0.3 is 6.18 Å². The van der Waals surface area contributed by atoms with E-state index in [1.165, 1.54) is 18.2 Å². The highest BCUT2D eigenvalue weighted by atomic mass is 19.4. The van der Waals surface area contributed by atoms with Gasteiger partial charge in [0.05, 0.1) is 23.7 Å². The zero-order chi connectivity index (χ0) is 15.1. The minimum absolute atomic E-state index is 0.170. The molecule has 1 aromatic carbocycles. The molecule has 0 unspecified atom stereocenters. The Labute approximate surface area is 114 Å². The number of halogens is 3. The van der Waals surface area contributed by atoms with Gasteiger partial charge in [-0.2, -0.15) is 13.2 Å². The van der Waals surface area contributed by atoms with Crippen LogP contribution in [0.2, 0.25) is 0 Å². The number of imidazole rings is 1. The minimum atomic E-state index is -4.59. The topological polar surface area (TPSA) is 64.1 Å². The number of aliphatic hydroxyl groups excluding tert-OH is 1. The summed E-state index contributed by atoms with van der Waals surface area (Å²) in [6.07, 6.45) is -4.59. The maximum Gasteiger partial charge on any atom is 0.449 e. The number of nitrogens with zero attached hydrogens (tertiary/aromatic N) is 2. The van der Waals surface area contributed by atoms with Crippen molar-refractivity contribution in [1.29, 1.82) is 0 Å². The summed E-state index contributed by atoms with van der Waals surface area (Å²) >= 11 is 0. The fraction of sp³-hybridized carbons (Fsp3) is 0.462. The zero-order valence-corrected chi connectivity index (χ0v) is 11.1. The lowest BCUT2D eigenvalue weighted by Crippen LogP contribution is -2.25. The second-order valence-electron chi connectivity index (χ2n) is 5.05. The van der Waals surface area contributed by atoms with Crippen molar-refractivity contribution in [2.75, 3.05) is 12.3 Å². The van der Waals surface area contributed by atoms with Gasteiger partial charge in [-0.25, -0.2) is 4.98 Å². The van der Waals surface area contributed by atoms with Crippen LogP contribution in [-0.4, -0.2) is 21.3 Å². The van der Waals surface area contributed by atoms with Gasteiger partial charge in [0.1, 0.15) is 0 Å². The fourth-order valence-electron chi connectivity index (χ4n) is 2.24. The van der Waals surface area contributed by atoms with E-state index < -0.39 is 24.6 Å². The van der Waals surface area contributed by atoms with Gasteiger partial charge in [0.15, 0.2) is 0 Å². The normalized spacial score (nSPS) is 14.2. The van der Waals surface area contributed by atoms with Gasteiger partial charge in [-0.3, -0.25) is 0 Å². The van der Waals surface area contributed by atoms with Crippen LogP contribution >= 0.6 is 0 Å². The molecule has 1 atom stereocenters. The molecule has 0 aliphatic rings. The standard InChI is InChI=1S/C13H16F3N3O/c1-7(2)11(6-20)19-10-4-3-8(17)5-9(10)18-12(19)13(14,15)16/h3-5,7,11,20H,6,17H2,1-2H3/t11-/m0/s1. The van der Waals surface area contributed by atoms with Crippen LogP contribution < -0.4 is 5.73 Å². The average molecular weight is 287 g/mol. The molecule has 2 aromatic rings. The number of hydrogen-bond donors (Lipinski definition) is 2. The number of nitrogens with two attached hydrogens (primary N) is 1. The van der Waals surface area contributed by atoms with E-state index in [1.54, 1.807) is 13.8 Å². The number of benzene rings is 1. The molecule has 0 fully saturated rings. The van der Waals surface area contributed by atoms with Crippen molar-refractivity contribution in [3.05, 3.63) is 24.0 Å². The van der Waals surface area contributed by atoms with Gasteiger partial charge in [0, 0.05) is 5.69 Å². The number of nitrogen functional groups attached to an aromatic ring is 1. The van der Waals surface area contributed by atoms with E-state index in [2.05, 4.69) is 4.98 Å². The monoisotopic (exact) mass is 287 g/mol. The maximum absolute atomic E-state index is 13.2. The molecule has 7 heteroatoms. The Balaban J connectivity index is 2.77. The molecule has 0 spiro atoms. The van der Waals surface area contributed by atoms with Crippen molar-refractivity contribution < 1.29 is 18.3 Å². The summed E-state index contributed by atoms with van der Waals surface area (Å²) in [5, 5.41) is 9.43. The predicted octanol–water partition coefficient (Wildman–Crippen LogP) is 2.83. The van der Waals surface area contributed by atoms with E-state index in [-0.39, 0.29) is 11.4 Å². The molecule has 0 aliphatic heterocycles. The van der Waals surface area contributed by atoms with Crippen molar-refractivity contribution >= 4 is 16.7 Å². The van der Waals surface area contributed by atoms with Crippen LogP contribution in [0.4, 0.5) is 18.9 Å². The zero-order valence-electron chi connectivity index (χ0n) is 11.1. The van der Waals surface area contributed by atoms with Crippen LogP contribution in [0.25, 0.3) is 11.0 Å². The molecular weight excluding hydrogens is 271 g/mol. The first kappa shape index (κ1) is 14.6. The highest BCUT2D eigenvalue weighted by molar-refractivity contribution is 5.80. The molecule has 0 saturated heterocycles. The quantitative estimate of drug-likeness (QED) is 0.853. The highest BCUT2D eigenvalue weighted by Gasteiger charge is 2.39. The Morgan fingerprint density at radius 3 is 2.50 bits per heavy atom. The minimum Gasteiger partial charge on any atom is -0.399 e. The van der Waals surface area contributed by atoms with Crippen molar-refractivity contribution in [3.8, 4) is 0 Å². The third-order valence-electron chi connectivity index (χ3n) is 3.26. The molecule has 0 saturated carbocycles. The Hall–Kier alpha value is -1.76. The van der Waals surface area contributed by atoms with Crippen molar-refractivity contribution in [2.24, 2.45) is 5.92 Å². The van der Waals surface area contributed by atoms with Gasteiger partial charge in [-0.15, -0.1) is 0 Å². The van der Waals surface area contributed by atoms with Crippen molar-refractivity contribution in [1.82, 2.24) is 9.55 Å². The van der Waals surface area contributed by atoms with Crippen LogP contribution in [0, 0.1) is 5.92 Å². The lowest BCUT2D eigenvalue weighted by Gasteiger charge is -2.23. The summed E-state index contributed by atoms with van der Waals surface area (Å²) in [5.74, 6) is -1.18. The van der Waals surface area contributed by atoms with E-state index in [4.69, 9.17) is 5.73 Å². The van der Waals surface area contributed by atoms with E-state index in [9.17, 15) is 18.3 Å². The van der Waals surface area contributed by atoms with Crippen molar-refractivity contribution in [2.45, 2.75) is 26.1 Å². The Bertz CT molecular complexity index is 619. The van der Waals surface area contributed by atoms with Crippen LogP contribution in [0.3, 0.4) is 0 Å². The number of aromatic nitrogens is 2. The molecule has 0 radical (unpaired) electrons. The Morgan fingerprint density at radius 1 is 1.35 bits per heavy atom. The van der Waals surface area contributed by atoms with Crippen LogP contribution in [0.1, 0.15) is 25.7 Å². The molecule has 2 rings (SSSR count). The predicted molar refractivity (Wildman–Crippen MR) is 70.1 cm³/mol. The van der Waals surface area contributed by atoms with E-state index in [1.807, 2.05) is 0 Å². The van der Waals surface area contributed by atoms with Gasteiger partial charge < -0.3 is 15.4 Å². The first-order valence-corrected chi connectivity index (χ1v) is 6.21. The first-order valence-electron chi connectivity index (χ1n) is 6.21. The number of rotatable bonds is 3. The number of anilines is 1. The highest BCUT2D eigenvalue weighted by Crippen LogP contribution is 2.35. The summed E-state index contributed by atoms with van der Waals surface area (Å²) in [4.78, 5) is 3.64. The van der Waals surface area contributed by atoms with Gasteiger partial charge in [0.25, 0.3) is 0 Å². The number of alkyl halides is 3. The van der Waals surface area contributed by atoms with Crippen LogP contribution in [-0.2, 0) is 6.18 Å². The van der Waals surface area contributed by atoms with Gasteiger partial charge in [-0.1, -0.05) is 13.8 Å². The maximum atomic E-state index is 13.2. The molecular formula is C13H16F3N3O. The molecule has 20 heavy (non-hydrogen) atoms. The molecule has 3 N–H and O–H groups in total. The lowest BCUT2D eigenvalue weighted by molar-refractivity contribution is -0.148. The summed E-state index contributed by atoms with van der Waals surface area (Å²) in [5.41, 5.74) is 6.42. The first-order chi connectivity index (χ1) is 9.25. The molecule has 1 heterocycles. The largest absolute Gasteiger partial charge is 0.449 e. The summed E-state index contributed by atoms with van der Waals surface area (Å²) in [7, 11) is 0. The number of hydrogen-bond acceptors (Lipinski definition) is 3. The van der Waals surface area contributed by atoms with Crippen LogP contribution in [0.5, 0.6) is 0 Å². The summed E-state index contributed by atoms with van der Waals surface area (Å²) < 4.78 is 40.5. The second-order valence-corrected chi connectivity index (χ2v) is 5.05. The van der Waals surface area contributed by atoms with E-state index in [0.29, 0.717) is 11.2 Å². The average Bonchev–Trinajstić information content (AvgIpc) is 2.68. The van der Waals surface area contributed by atoms with E-state index >= 15 is 0 Å². The van der Waals surface area contributed by atoms with E-state index in [0.717, 1.165) is 4.57 Å². The molecule has 0 bridgehead atoms. The van der Waals surface area contributed by atoms with Crippen molar-refractivity contribution in [3.63, 3.8) is 0 Å². The molecule has 4 nitrogen and oxygen atoms in total. The Kier molecular flexibility index (Phi) is 3.64. The number of aliphatic hydroxyl groups is 1. The fourth-order valence-corrected chi connectivity index (χ4v) is 2.24. The molecule has 1 aromatic heterocycles. The molecule has 110 valence electrons. The lowest BCUT2D eigenvalue weighted by atomic mass is 10.0. The molecule has 0 amide bonds. The summed E-state index contributed by atoms with van der Waals surface area (Å²) in [6.45, 7) is 3.12. The molecule has 0 aliphatic carbocycles. The van der Waals surface area contributed by atoms with Gasteiger partial charge in [-0.05, 0) is 24.1 Å². The second kappa shape index (κ2) is 4.97. The SMILES string of the molecule is CC(C)[C@H](CO)n1c(C(F)(F)F)nc2cc(N)ccc21. The Morgan fingerprint density at radius 2 is 2.00 bits per heavy atom. The number of fused-ring (bicyclic) bond motifs is 1.